The Hall–Kier alpha value is -6.42. The largest absolute Gasteiger partial charge is 0.509 e. The van der Waals surface area contributed by atoms with Crippen molar-refractivity contribution in [2.75, 3.05) is 9.80 Å². The van der Waals surface area contributed by atoms with Gasteiger partial charge in [0.1, 0.15) is 5.82 Å². The zero-order valence-electron chi connectivity index (χ0n) is 40.8. The van der Waals surface area contributed by atoms with Crippen LogP contribution < -0.4 is 14.5 Å². The molecule has 0 fully saturated rings. The van der Waals surface area contributed by atoms with Crippen molar-refractivity contribution in [2.24, 2.45) is 0 Å². The van der Waals surface area contributed by atoms with Crippen molar-refractivity contribution >= 4 is 44.6 Å². The Kier molecular flexibility index (Phi) is 12.1. The van der Waals surface area contributed by atoms with Crippen LogP contribution in [0.3, 0.4) is 0 Å². The summed E-state index contributed by atoms with van der Waals surface area (Å²) in [6.07, 6.45) is 1.92. The first-order valence-corrected chi connectivity index (χ1v) is 23.4. The van der Waals surface area contributed by atoms with Crippen molar-refractivity contribution < 1.29 is 25.8 Å². The first-order valence-electron chi connectivity index (χ1n) is 23.4. The molecule has 7 aromatic carbocycles. The van der Waals surface area contributed by atoms with E-state index in [-0.39, 0.29) is 42.7 Å². The molecule has 346 valence electrons. The van der Waals surface area contributed by atoms with Crippen molar-refractivity contribution in [1.82, 2.24) is 9.55 Å². The van der Waals surface area contributed by atoms with Crippen LogP contribution in [0.1, 0.15) is 103 Å². The molecule has 0 atom stereocenters. The first kappa shape index (κ1) is 46.7. The van der Waals surface area contributed by atoms with E-state index in [0.717, 1.165) is 55.9 Å². The van der Waals surface area contributed by atoms with Gasteiger partial charge in [-0.2, -0.15) is 6.07 Å². The average molecular weight is 1070 g/mol. The van der Waals surface area contributed by atoms with Gasteiger partial charge in [-0.3, -0.25) is 0 Å². The van der Waals surface area contributed by atoms with Crippen LogP contribution in [0.15, 0.2) is 170 Å². The summed E-state index contributed by atoms with van der Waals surface area (Å²) in [7, 11) is 0. The van der Waals surface area contributed by atoms with Gasteiger partial charge in [0.25, 0.3) is 0 Å². The van der Waals surface area contributed by atoms with Gasteiger partial charge in [-0.05, 0) is 86.5 Å². The molecule has 0 aliphatic carbocycles. The van der Waals surface area contributed by atoms with Gasteiger partial charge in [0.05, 0.1) is 0 Å². The Morgan fingerprint density at radius 1 is 0.471 bits per heavy atom. The van der Waals surface area contributed by atoms with Crippen LogP contribution in [0.5, 0.6) is 11.5 Å². The SMILES string of the molecule is CC(C)(C)c1cc(Oc2[c-]c3c(cc2)c2ccccc2n3-c2cc(C(C)(C)c3ccccc3)ccn2)[c-]c(N2[CH-]N(c3cccc(C(C)(C)c4ccccc4)c3)c3cc(C(C)(C)C)ccc32)c1.[Pt]. The molecular weight excluding hydrogens is 1010 g/mol. The fourth-order valence-corrected chi connectivity index (χ4v) is 9.48. The molecule has 2 aromatic heterocycles. The third kappa shape index (κ3) is 8.56. The molecular formula is C62H59N4OPt-3. The van der Waals surface area contributed by atoms with Gasteiger partial charge in [-0.15, -0.1) is 53.6 Å². The van der Waals surface area contributed by atoms with Gasteiger partial charge in [-0.25, -0.2) is 4.98 Å². The van der Waals surface area contributed by atoms with Crippen molar-refractivity contribution in [1.29, 1.82) is 0 Å². The predicted octanol–water partition coefficient (Wildman–Crippen LogP) is 16.2. The van der Waals surface area contributed by atoms with E-state index in [2.05, 4.69) is 260 Å². The Balaban J connectivity index is 0.00000578. The summed E-state index contributed by atoms with van der Waals surface area (Å²) in [6, 6.07) is 66.1. The number of hydrogen-bond acceptors (Lipinski definition) is 4. The van der Waals surface area contributed by atoms with Crippen molar-refractivity contribution in [3.63, 3.8) is 0 Å². The molecule has 0 amide bonds. The van der Waals surface area contributed by atoms with Crippen molar-refractivity contribution in [3.05, 3.63) is 222 Å². The van der Waals surface area contributed by atoms with E-state index in [9.17, 15) is 0 Å². The van der Waals surface area contributed by atoms with Gasteiger partial charge in [0.15, 0.2) is 0 Å². The predicted molar refractivity (Wildman–Crippen MR) is 279 cm³/mol. The van der Waals surface area contributed by atoms with E-state index in [1.807, 2.05) is 12.3 Å². The second kappa shape index (κ2) is 17.6. The number of ether oxygens (including phenoxy) is 1. The molecule has 9 aromatic rings. The summed E-state index contributed by atoms with van der Waals surface area (Å²) in [4.78, 5) is 9.57. The second-order valence-electron chi connectivity index (χ2n) is 21.2. The summed E-state index contributed by atoms with van der Waals surface area (Å²) >= 11 is 0. The molecule has 1 aliphatic rings. The second-order valence-corrected chi connectivity index (χ2v) is 21.2. The number of anilines is 4. The molecule has 0 radical (unpaired) electrons. The van der Waals surface area contributed by atoms with Gasteiger partial charge >= 0.3 is 0 Å². The number of hydrogen-bond donors (Lipinski definition) is 0. The minimum absolute atomic E-state index is 0. The minimum Gasteiger partial charge on any atom is -0.509 e. The quantitative estimate of drug-likeness (QED) is 0.135. The Morgan fingerprint density at radius 3 is 1.78 bits per heavy atom. The maximum absolute atomic E-state index is 6.90. The van der Waals surface area contributed by atoms with Crippen LogP contribution in [0.4, 0.5) is 22.7 Å². The fourth-order valence-electron chi connectivity index (χ4n) is 9.48. The van der Waals surface area contributed by atoms with Crippen LogP contribution in [0, 0.1) is 18.8 Å². The fraction of sp³-hybridized carbons (Fsp3) is 0.226. The number of rotatable bonds is 9. The maximum atomic E-state index is 6.90. The van der Waals surface area contributed by atoms with E-state index < -0.39 is 0 Å². The molecule has 10 rings (SSSR count). The Labute approximate surface area is 417 Å². The van der Waals surface area contributed by atoms with Crippen molar-refractivity contribution in [2.45, 2.75) is 90.9 Å². The molecule has 5 nitrogen and oxygen atoms in total. The smallest absolute Gasteiger partial charge is 0.135 e. The van der Waals surface area contributed by atoms with Gasteiger partial charge in [0, 0.05) is 72.2 Å². The number of fused-ring (bicyclic) bond motifs is 4. The number of benzene rings is 7. The van der Waals surface area contributed by atoms with E-state index in [1.165, 1.54) is 27.8 Å². The number of para-hydroxylation sites is 1. The zero-order valence-corrected chi connectivity index (χ0v) is 43.0. The van der Waals surface area contributed by atoms with E-state index in [4.69, 9.17) is 9.72 Å². The zero-order chi connectivity index (χ0) is 46.9. The number of aromatic nitrogens is 2. The molecule has 1 aliphatic heterocycles. The summed E-state index contributed by atoms with van der Waals surface area (Å²) in [5.41, 5.74) is 12.9. The molecule has 0 saturated heterocycles. The van der Waals surface area contributed by atoms with Crippen molar-refractivity contribution in [3.8, 4) is 17.3 Å². The van der Waals surface area contributed by atoms with Crippen LogP contribution in [0.2, 0.25) is 0 Å². The molecule has 6 heteroatoms. The summed E-state index contributed by atoms with van der Waals surface area (Å²) in [5, 5.41) is 2.22. The molecule has 0 unspecified atom stereocenters. The van der Waals surface area contributed by atoms with Crippen LogP contribution >= 0.6 is 0 Å². The molecule has 0 bridgehead atoms. The van der Waals surface area contributed by atoms with Crippen LogP contribution in [-0.4, -0.2) is 9.55 Å². The Morgan fingerprint density at radius 2 is 1.10 bits per heavy atom. The summed E-state index contributed by atoms with van der Waals surface area (Å²) < 4.78 is 9.12. The number of nitrogens with zero attached hydrogens (tertiary/aromatic N) is 4. The molecule has 0 saturated carbocycles. The molecule has 0 N–H and O–H groups in total. The van der Waals surface area contributed by atoms with Crippen LogP contribution in [0.25, 0.3) is 27.6 Å². The molecule has 68 heavy (non-hydrogen) atoms. The average Bonchev–Trinajstić information content (AvgIpc) is 3.87. The molecule has 0 spiro atoms. The van der Waals surface area contributed by atoms with Crippen LogP contribution in [-0.2, 0) is 42.7 Å². The third-order valence-electron chi connectivity index (χ3n) is 13.9. The summed E-state index contributed by atoms with van der Waals surface area (Å²) in [6.45, 7) is 24.9. The van der Waals surface area contributed by atoms with Gasteiger partial charge in [0.2, 0.25) is 0 Å². The minimum atomic E-state index is -0.232. The Bertz CT molecular complexity index is 3280. The topological polar surface area (TPSA) is 33.5 Å². The standard InChI is InChI=1S/C62H59N4O.Pt/c1-59(2,3)44-28-31-55-57(37-44)64(48-25-19-24-45(34-48)61(7,8)42-20-13-11-14-21-42)41-65(55)49-35-47(60(4,5)6)36-51(39-49)67-50-29-30-53-52-26-17-18-27-54(52)66(56(53)40-50)58-38-46(32-33-63-58)62(9,10)43-22-15-12-16-23-43;/h11-38,41H,1-10H3;/q-3;. The number of pyridine rings is 1. The van der Waals surface area contributed by atoms with Gasteiger partial charge < -0.3 is 19.1 Å². The summed E-state index contributed by atoms with van der Waals surface area (Å²) in [5.74, 6) is 2.06. The monoisotopic (exact) mass is 1070 g/mol. The normalized spacial score (nSPS) is 13.2. The van der Waals surface area contributed by atoms with E-state index in [1.54, 1.807) is 0 Å². The van der Waals surface area contributed by atoms with Gasteiger partial charge in [-0.1, -0.05) is 172 Å². The maximum Gasteiger partial charge on any atom is 0.135 e. The third-order valence-corrected chi connectivity index (χ3v) is 13.9. The molecule has 3 heterocycles. The van der Waals surface area contributed by atoms with E-state index in [0.29, 0.717) is 11.5 Å². The van der Waals surface area contributed by atoms with E-state index >= 15 is 0 Å². The first-order chi connectivity index (χ1) is 32.0.